The number of hydrogen-bond donors (Lipinski definition) is 2. The topological polar surface area (TPSA) is 40.5 Å². The summed E-state index contributed by atoms with van der Waals surface area (Å²) in [6, 6.07) is 0. The molecule has 1 atom stereocenters. The highest BCUT2D eigenvalue weighted by Gasteiger charge is 2.03. The summed E-state index contributed by atoms with van der Waals surface area (Å²) in [6.45, 7) is 4.58. The van der Waals surface area contributed by atoms with E-state index in [0.717, 1.165) is 31.6 Å². The van der Waals surface area contributed by atoms with Crippen molar-refractivity contribution in [1.29, 1.82) is 0 Å². The summed E-state index contributed by atoms with van der Waals surface area (Å²) in [7, 11) is 0. The number of hydrogen-bond acceptors (Lipinski definition) is 2. The van der Waals surface area contributed by atoms with Gasteiger partial charge in [-0.3, -0.25) is 0 Å². The van der Waals surface area contributed by atoms with Gasteiger partial charge in [-0.2, -0.15) is 0 Å². The van der Waals surface area contributed by atoms with Gasteiger partial charge in [-0.1, -0.05) is 26.7 Å². The Balaban J connectivity index is 3.13. The van der Waals surface area contributed by atoms with Gasteiger partial charge in [0.05, 0.1) is 6.10 Å². The lowest BCUT2D eigenvalue weighted by Gasteiger charge is -2.10. The van der Waals surface area contributed by atoms with Gasteiger partial charge in [0.25, 0.3) is 0 Å². The van der Waals surface area contributed by atoms with Crippen LogP contribution in [0.15, 0.2) is 0 Å². The molecule has 0 aliphatic heterocycles. The maximum atomic E-state index is 9.38. The maximum Gasteiger partial charge on any atom is 0.0541 e. The van der Waals surface area contributed by atoms with E-state index in [9.17, 15) is 5.11 Å². The van der Waals surface area contributed by atoms with Crippen molar-refractivity contribution in [3.05, 3.63) is 0 Å². The molecule has 0 aromatic rings. The Bertz CT molecular complexity index is 91.8. The van der Waals surface area contributed by atoms with Gasteiger partial charge in [0.15, 0.2) is 0 Å². The molecule has 0 aliphatic rings. The van der Waals surface area contributed by atoms with Gasteiger partial charge < -0.3 is 10.2 Å². The average molecular weight is 174 g/mol. The van der Waals surface area contributed by atoms with E-state index in [2.05, 4.69) is 13.8 Å². The first kappa shape index (κ1) is 11.9. The summed E-state index contributed by atoms with van der Waals surface area (Å²) in [5.74, 6) is 0.732. The Kier molecular flexibility index (Phi) is 7.51. The summed E-state index contributed by atoms with van der Waals surface area (Å²) >= 11 is 0. The summed E-state index contributed by atoms with van der Waals surface area (Å²) in [5.41, 5.74) is 0. The first-order chi connectivity index (χ1) is 5.66. The highest BCUT2D eigenvalue weighted by molar-refractivity contribution is 4.56. The minimum absolute atomic E-state index is 0.196. The Morgan fingerprint density at radius 2 is 1.58 bits per heavy atom. The summed E-state index contributed by atoms with van der Waals surface area (Å²) in [5, 5.41) is 17.9. The normalized spacial score (nSPS) is 13.8. The fraction of sp³-hybridized carbons (Fsp3) is 1.00. The lowest BCUT2D eigenvalue weighted by molar-refractivity contribution is 0.137. The molecule has 2 heteroatoms. The lowest BCUT2D eigenvalue weighted by Crippen LogP contribution is -2.07. The van der Waals surface area contributed by atoms with Gasteiger partial charge in [-0.25, -0.2) is 0 Å². The maximum absolute atomic E-state index is 9.38. The second-order valence-corrected chi connectivity index (χ2v) is 3.84. The number of aliphatic hydroxyl groups excluding tert-OH is 2. The second kappa shape index (κ2) is 7.56. The molecule has 2 N–H and O–H groups in total. The molecule has 0 saturated carbocycles. The summed E-state index contributed by atoms with van der Waals surface area (Å²) in [6.07, 6.45) is 4.45. The second-order valence-electron chi connectivity index (χ2n) is 3.84. The zero-order valence-electron chi connectivity index (χ0n) is 8.29. The molecule has 0 aromatic heterocycles. The van der Waals surface area contributed by atoms with Crippen molar-refractivity contribution in [3.8, 4) is 0 Å². The Morgan fingerprint density at radius 3 is 2.08 bits per heavy atom. The van der Waals surface area contributed by atoms with Crippen molar-refractivity contribution in [1.82, 2.24) is 0 Å². The molecule has 0 spiro atoms. The molecule has 74 valence electrons. The third kappa shape index (κ3) is 8.02. The molecule has 0 radical (unpaired) electrons. The van der Waals surface area contributed by atoms with Crippen LogP contribution in [-0.4, -0.2) is 22.9 Å². The van der Waals surface area contributed by atoms with E-state index >= 15 is 0 Å². The first-order valence-corrected chi connectivity index (χ1v) is 4.95. The van der Waals surface area contributed by atoms with Gasteiger partial charge in [-0.15, -0.1) is 0 Å². The van der Waals surface area contributed by atoms with Crippen molar-refractivity contribution in [2.75, 3.05) is 6.61 Å². The Morgan fingerprint density at radius 1 is 1.00 bits per heavy atom. The van der Waals surface area contributed by atoms with Crippen molar-refractivity contribution >= 4 is 0 Å². The minimum atomic E-state index is -0.198. The SMILES string of the molecule is CC(C)CCCC(O)CCCO. The predicted molar refractivity (Wildman–Crippen MR) is 51.0 cm³/mol. The van der Waals surface area contributed by atoms with Gasteiger partial charge in [0.2, 0.25) is 0 Å². The van der Waals surface area contributed by atoms with Crippen LogP contribution in [0.5, 0.6) is 0 Å². The third-order valence-electron chi connectivity index (χ3n) is 2.01. The van der Waals surface area contributed by atoms with Gasteiger partial charge in [0.1, 0.15) is 0 Å². The Labute approximate surface area is 75.6 Å². The molecule has 0 aliphatic carbocycles. The Hall–Kier alpha value is -0.0800. The quantitative estimate of drug-likeness (QED) is 0.619. The minimum Gasteiger partial charge on any atom is -0.396 e. The molecule has 0 fully saturated rings. The van der Waals surface area contributed by atoms with Crippen LogP contribution in [0.25, 0.3) is 0 Å². The van der Waals surface area contributed by atoms with Crippen LogP contribution in [0.4, 0.5) is 0 Å². The molecular formula is C10H22O2. The van der Waals surface area contributed by atoms with E-state index in [1.165, 1.54) is 6.42 Å². The van der Waals surface area contributed by atoms with Crippen LogP contribution < -0.4 is 0 Å². The average Bonchev–Trinajstić information content (AvgIpc) is 2.00. The molecule has 1 unspecified atom stereocenters. The zero-order chi connectivity index (χ0) is 9.40. The van der Waals surface area contributed by atoms with Crippen molar-refractivity contribution in [3.63, 3.8) is 0 Å². The highest BCUT2D eigenvalue weighted by Crippen LogP contribution is 2.10. The largest absolute Gasteiger partial charge is 0.396 e. The lowest BCUT2D eigenvalue weighted by atomic mass is 10.0. The van der Waals surface area contributed by atoms with E-state index in [4.69, 9.17) is 5.11 Å². The van der Waals surface area contributed by atoms with Crippen molar-refractivity contribution in [2.45, 2.75) is 52.1 Å². The van der Waals surface area contributed by atoms with Crippen LogP contribution in [0, 0.1) is 5.92 Å². The van der Waals surface area contributed by atoms with Crippen LogP contribution in [0.2, 0.25) is 0 Å². The van der Waals surface area contributed by atoms with Crippen LogP contribution in [0.3, 0.4) is 0 Å². The van der Waals surface area contributed by atoms with E-state index < -0.39 is 0 Å². The van der Waals surface area contributed by atoms with Crippen molar-refractivity contribution < 1.29 is 10.2 Å². The van der Waals surface area contributed by atoms with Crippen LogP contribution >= 0.6 is 0 Å². The fourth-order valence-corrected chi connectivity index (χ4v) is 1.23. The smallest absolute Gasteiger partial charge is 0.0541 e. The van der Waals surface area contributed by atoms with Gasteiger partial charge >= 0.3 is 0 Å². The van der Waals surface area contributed by atoms with Gasteiger partial charge in [0, 0.05) is 6.61 Å². The van der Waals surface area contributed by atoms with Crippen molar-refractivity contribution in [2.24, 2.45) is 5.92 Å². The molecule has 0 bridgehead atoms. The van der Waals surface area contributed by atoms with E-state index in [1.807, 2.05) is 0 Å². The molecule has 12 heavy (non-hydrogen) atoms. The molecule has 0 amide bonds. The fourth-order valence-electron chi connectivity index (χ4n) is 1.23. The van der Waals surface area contributed by atoms with Gasteiger partial charge in [-0.05, 0) is 25.2 Å². The molecule has 0 saturated heterocycles. The molecule has 0 heterocycles. The third-order valence-corrected chi connectivity index (χ3v) is 2.01. The standard InChI is InChI=1S/C10H22O2/c1-9(2)5-3-6-10(12)7-4-8-11/h9-12H,3-8H2,1-2H3. The predicted octanol–water partition coefficient (Wildman–Crippen LogP) is 1.95. The number of aliphatic hydroxyl groups is 2. The van der Waals surface area contributed by atoms with Crippen LogP contribution in [-0.2, 0) is 0 Å². The zero-order valence-corrected chi connectivity index (χ0v) is 8.29. The summed E-state index contributed by atoms with van der Waals surface area (Å²) in [4.78, 5) is 0. The monoisotopic (exact) mass is 174 g/mol. The number of rotatable bonds is 7. The first-order valence-electron chi connectivity index (χ1n) is 4.95. The molecular weight excluding hydrogens is 152 g/mol. The van der Waals surface area contributed by atoms with E-state index in [0.29, 0.717) is 0 Å². The highest BCUT2D eigenvalue weighted by atomic mass is 16.3. The molecule has 2 nitrogen and oxygen atoms in total. The van der Waals surface area contributed by atoms with E-state index in [-0.39, 0.29) is 12.7 Å². The van der Waals surface area contributed by atoms with Crippen LogP contribution in [0.1, 0.15) is 46.0 Å². The summed E-state index contributed by atoms with van der Waals surface area (Å²) < 4.78 is 0. The molecule has 0 aromatic carbocycles. The van der Waals surface area contributed by atoms with E-state index in [1.54, 1.807) is 0 Å². The molecule has 0 rings (SSSR count).